The van der Waals surface area contributed by atoms with Gasteiger partial charge in [-0.25, -0.2) is 4.99 Å². The summed E-state index contributed by atoms with van der Waals surface area (Å²) in [5.74, 6) is 0.791. The first kappa shape index (κ1) is 10.4. The zero-order valence-electron chi connectivity index (χ0n) is 9.13. The Kier molecular flexibility index (Phi) is 3.34. The highest BCUT2D eigenvalue weighted by Crippen LogP contribution is 2.13. The smallest absolute Gasteiger partial charge is 0.181 e. The third kappa shape index (κ3) is 2.95. The van der Waals surface area contributed by atoms with E-state index < -0.39 is 0 Å². The molecule has 2 nitrogen and oxygen atoms in total. The van der Waals surface area contributed by atoms with Gasteiger partial charge in [0, 0.05) is 0 Å². The summed E-state index contributed by atoms with van der Waals surface area (Å²) in [4.78, 5) is 4.22. The second-order valence-corrected chi connectivity index (χ2v) is 3.50. The van der Waals surface area contributed by atoms with E-state index in [1.54, 1.807) is 0 Å². The largest absolute Gasteiger partial charge is 0.446 e. The second kappa shape index (κ2) is 5.12. The molecule has 0 aromatic heterocycles. The predicted octanol–water partition coefficient (Wildman–Crippen LogP) is 3.73. The highest BCUT2D eigenvalue weighted by atomic mass is 16.5. The molecule has 0 unspecified atom stereocenters. The zero-order valence-corrected chi connectivity index (χ0v) is 9.13. The van der Waals surface area contributed by atoms with Crippen LogP contribution in [-0.2, 0) is 0 Å². The Labute approximate surface area is 95.2 Å². The van der Waals surface area contributed by atoms with Crippen molar-refractivity contribution in [1.82, 2.24) is 0 Å². The molecule has 0 fully saturated rings. The van der Waals surface area contributed by atoms with Gasteiger partial charge in [-0.05, 0) is 36.8 Å². The molecule has 0 saturated carbocycles. The molecule has 0 saturated heterocycles. The minimum atomic E-state index is 0.791. The Bertz CT molecular complexity index is 477. The minimum Gasteiger partial charge on any atom is -0.446 e. The number of nitrogens with zero attached hydrogens (tertiary/aromatic N) is 1. The quantitative estimate of drug-likeness (QED) is 0.560. The van der Waals surface area contributed by atoms with Crippen molar-refractivity contribution in [3.8, 4) is 5.75 Å². The van der Waals surface area contributed by atoms with Crippen LogP contribution in [0.25, 0.3) is 0 Å². The van der Waals surface area contributed by atoms with Gasteiger partial charge in [-0.2, -0.15) is 0 Å². The summed E-state index contributed by atoms with van der Waals surface area (Å²) in [6.45, 7) is 2.04. The molecule has 2 aromatic carbocycles. The lowest BCUT2D eigenvalue weighted by Crippen LogP contribution is -1.88. The summed E-state index contributed by atoms with van der Waals surface area (Å²) in [5.41, 5.74) is 2.09. The zero-order chi connectivity index (χ0) is 11.2. The number of aryl methyl sites for hydroxylation is 1. The third-order valence-corrected chi connectivity index (χ3v) is 2.14. The van der Waals surface area contributed by atoms with Crippen LogP contribution in [0, 0.1) is 6.92 Å². The van der Waals surface area contributed by atoms with E-state index >= 15 is 0 Å². The monoisotopic (exact) mass is 211 g/mol. The standard InChI is InChI=1S/C14H13NO/c1-12-6-5-7-13(10-12)15-11-16-14-8-3-2-4-9-14/h2-11H,1H3. The summed E-state index contributed by atoms with van der Waals surface area (Å²) in [6.07, 6.45) is 1.46. The maximum Gasteiger partial charge on any atom is 0.181 e. The fourth-order valence-corrected chi connectivity index (χ4v) is 1.36. The molecule has 0 atom stereocenters. The number of rotatable bonds is 3. The number of benzene rings is 2. The van der Waals surface area contributed by atoms with E-state index in [1.165, 1.54) is 12.0 Å². The Hall–Kier alpha value is -2.09. The van der Waals surface area contributed by atoms with E-state index in [0.29, 0.717) is 0 Å². The first-order chi connectivity index (χ1) is 7.84. The maximum absolute atomic E-state index is 5.36. The van der Waals surface area contributed by atoms with E-state index in [-0.39, 0.29) is 0 Å². The van der Waals surface area contributed by atoms with E-state index in [0.717, 1.165) is 11.4 Å². The average molecular weight is 211 g/mol. The summed E-state index contributed by atoms with van der Waals surface area (Å²) in [6, 6.07) is 17.5. The first-order valence-corrected chi connectivity index (χ1v) is 5.15. The van der Waals surface area contributed by atoms with Gasteiger partial charge < -0.3 is 4.74 Å². The molecular weight excluding hydrogens is 198 g/mol. The van der Waals surface area contributed by atoms with Gasteiger partial charge in [0.15, 0.2) is 6.40 Å². The summed E-state index contributed by atoms with van der Waals surface area (Å²) >= 11 is 0. The lowest BCUT2D eigenvalue weighted by molar-refractivity contribution is 0.574. The summed E-state index contributed by atoms with van der Waals surface area (Å²) in [5, 5.41) is 0. The van der Waals surface area contributed by atoms with Crippen molar-refractivity contribution in [1.29, 1.82) is 0 Å². The van der Waals surface area contributed by atoms with Gasteiger partial charge in [-0.3, -0.25) is 0 Å². The van der Waals surface area contributed by atoms with E-state index in [4.69, 9.17) is 4.74 Å². The van der Waals surface area contributed by atoms with E-state index in [1.807, 2.05) is 61.5 Å². The van der Waals surface area contributed by atoms with Crippen molar-refractivity contribution in [2.24, 2.45) is 4.99 Å². The molecule has 0 radical (unpaired) electrons. The molecule has 0 aliphatic rings. The highest BCUT2D eigenvalue weighted by Gasteiger charge is 1.89. The molecule has 0 heterocycles. The Morgan fingerprint density at radius 3 is 2.56 bits per heavy atom. The van der Waals surface area contributed by atoms with Gasteiger partial charge in [0.1, 0.15) is 5.75 Å². The topological polar surface area (TPSA) is 21.6 Å². The molecular formula is C14H13NO. The molecule has 2 aromatic rings. The molecule has 0 aliphatic carbocycles. The van der Waals surface area contributed by atoms with Crippen LogP contribution in [-0.4, -0.2) is 6.40 Å². The molecule has 0 amide bonds. The molecule has 2 heteroatoms. The van der Waals surface area contributed by atoms with Gasteiger partial charge in [0.05, 0.1) is 5.69 Å². The lowest BCUT2D eigenvalue weighted by atomic mass is 10.2. The Morgan fingerprint density at radius 1 is 1.00 bits per heavy atom. The number of ether oxygens (including phenoxy) is 1. The highest BCUT2D eigenvalue weighted by molar-refractivity contribution is 5.58. The number of hydrogen-bond acceptors (Lipinski definition) is 2. The van der Waals surface area contributed by atoms with Crippen molar-refractivity contribution in [2.45, 2.75) is 6.92 Å². The average Bonchev–Trinajstić information content (AvgIpc) is 2.30. The van der Waals surface area contributed by atoms with Gasteiger partial charge in [0.2, 0.25) is 0 Å². The number of aliphatic imine (C=N–C) groups is 1. The minimum absolute atomic E-state index is 0.791. The van der Waals surface area contributed by atoms with Crippen molar-refractivity contribution in [2.75, 3.05) is 0 Å². The van der Waals surface area contributed by atoms with Crippen LogP contribution in [0.1, 0.15) is 5.56 Å². The van der Waals surface area contributed by atoms with Crippen LogP contribution in [0.15, 0.2) is 59.6 Å². The van der Waals surface area contributed by atoms with Crippen LogP contribution in [0.4, 0.5) is 5.69 Å². The van der Waals surface area contributed by atoms with Crippen molar-refractivity contribution in [3.05, 3.63) is 60.2 Å². The second-order valence-electron chi connectivity index (χ2n) is 3.50. The number of para-hydroxylation sites is 1. The maximum atomic E-state index is 5.36. The van der Waals surface area contributed by atoms with Crippen LogP contribution in [0.5, 0.6) is 5.75 Å². The molecule has 0 aliphatic heterocycles. The van der Waals surface area contributed by atoms with Crippen LogP contribution in [0.2, 0.25) is 0 Å². The van der Waals surface area contributed by atoms with Crippen molar-refractivity contribution >= 4 is 12.1 Å². The van der Waals surface area contributed by atoms with Crippen LogP contribution >= 0.6 is 0 Å². The van der Waals surface area contributed by atoms with E-state index in [2.05, 4.69) is 4.99 Å². The number of hydrogen-bond donors (Lipinski definition) is 0. The molecule has 16 heavy (non-hydrogen) atoms. The Morgan fingerprint density at radius 2 is 1.81 bits per heavy atom. The van der Waals surface area contributed by atoms with Gasteiger partial charge in [0.25, 0.3) is 0 Å². The third-order valence-electron chi connectivity index (χ3n) is 2.14. The Balaban J connectivity index is 2.00. The van der Waals surface area contributed by atoms with Crippen molar-refractivity contribution < 1.29 is 4.74 Å². The SMILES string of the molecule is Cc1cccc(N=COc2ccccc2)c1. The molecule has 2 rings (SSSR count). The molecule has 80 valence electrons. The first-order valence-electron chi connectivity index (χ1n) is 5.15. The van der Waals surface area contributed by atoms with Gasteiger partial charge >= 0.3 is 0 Å². The summed E-state index contributed by atoms with van der Waals surface area (Å²) < 4.78 is 5.36. The molecule has 0 bridgehead atoms. The van der Waals surface area contributed by atoms with Gasteiger partial charge in [-0.15, -0.1) is 0 Å². The van der Waals surface area contributed by atoms with Crippen molar-refractivity contribution in [3.63, 3.8) is 0 Å². The fourth-order valence-electron chi connectivity index (χ4n) is 1.36. The summed E-state index contributed by atoms with van der Waals surface area (Å²) in [7, 11) is 0. The van der Waals surface area contributed by atoms with Crippen LogP contribution < -0.4 is 4.74 Å². The predicted molar refractivity (Wildman–Crippen MR) is 66.4 cm³/mol. The van der Waals surface area contributed by atoms with Gasteiger partial charge in [-0.1, -0.05) is 30.3 Å². The van der Waals surface area contributed by atoms with E-state index in [9.17, 15) is 0 Å². The normalized spacial score (nSPS) is 10.6. The fraction of sp³-hybridized carbons (Fsp3) is 0.0714. The van der Waals surface area contributed by atoms with Crippen LogP contribution in [0.3, 0.4) is 0 Å². The lowest BCUT2D eigenvalue weighted by Gasteiger charge is -1.98. The molecule has 0 spiro atoms. The molecule has 0 N–H and O–H groups in total.